The quantitative estimate of drug-likeness (QED) is 0.773. The van der Waals surface area contributed by atoms with E-state index in [1.807, 2.05) is 30.5 Å². The van der Waals surface area contributed by atoms with Crippen molar-refractivity contribution < 1.29 is 4.79 Å². The largest absolute Gasteiger partial charge is 0.310 e. The van der Waals surface area contributed by atoms with Gasteiger partial charge in [-0.2, -0.15) is 0 Å². The van der Waals surface area contributed by atoms with E-state index >= 15 is 0 Å². The second kappa shape index (κ2) is 7.12. The summed E-state index contributed by atoms with van der Waals surface area (Å²) in [6.45, 7) is 5.81. The number of aryl methyl sites for hydroxylation is 1. The fraction of sp³-hybridized carbons (Fsp3) is 0.381. The Labute approximate surface area is 157 Å². The maximum Gasteiger partial charge on any atom is 0.255 e. The average molecular weight is 364 g/mol. The summed E-state index contributed by atoms with van der Waals surface area (Å²) in [5, 5.41) is 1.09. The number of aromatic nitrogens is 3. The highest BCUT2D eigenvalue weighted by molar-refractivity contribution is 5.93. The van der Waals surface area contributed by atoms with E-state index in [0.29, 0.717) is 13.1 Å². The van der Waals surface area contributed by atoms with Gasteiger partial charge in [0.05, 0.1) is 16.8 Å². The molecule has 1 aliphatic heterocycles. The third kappa shape index (κ3) is 3.32. The Bertz CT molecular complexity index is 1060. The number of hydrogen-bond donors (Lipinski definition) is 1. The lowest BCUT2D eigenvalue weighted by Gasteiger charge is -2.27. The van der Waals surface area contributed by atoms with Gasteiger partial charge in [-0.3, -0.25) is 19.1 Å². The number of carbonyl (C=O) groups excluding carboxylic acids is 1. The number of aromatic amines is 1. The number of H-pyrrole nitrogens is 1. The first-order valence-corrected chi connectivity index (χ1v) is 9.50. The molecule has 2 aromatic heterocycles. The molecule has 0 spiro atoms. The number of nitrogens with one attached hydrogen (secondary N) is 1. The molecule has 0 bridgehead atoms. The first kappa shape index (κ1) is 17.7. The van der Waals surface area contributed by atoms with Gasteiger partial charge in [0.2, 0.25) is 5.91 Å². The van der Waals surface area contributed by atoms with Crippen LogP contribution in [0.3, 0.4) is 0 Å². The Kier molecular flexibility index (Phi) is 4.66. The highest BCUT2D eigenvalue weighted by atomic mass is 16.1. The van der Waals surface area contributed by atoms with Crippen molar-refractivity contribution in [2.24, 2.45) is 0 Å². The van der Waals surface area contributed by atoms with E-state index in [2.05, 4.69) is 21.8 Å². The number of para-hydroxylation sites is 1. The summed E-state index contributed by atoms with van der Waals surface area (Å²) in [5.41, 5.74) is 3.73. The zero-order valence-electron chi connectivity index (χ0n) is 15.8. The van der Waals surface area contributed by atoms with E-state index in [1.54, 1.807) is 11.5 Å². The van der Waals surface area contributed by atoms with E-state index in [4.69, 9.17) is 0 Å². The van der Waals surface area contributed by atoms with Crippen molar-refractivity contribution in [3.05, 3.63) is 63.5 Å². The molecule has 0 fully saturated rings. The third-order valence-electron chi connectivity index (χ3n) is 5.21. The van der Waals surface area contributed by atoms with E-state index < -0.39 is 0 Å². The average Bonchev–Trinajstić information content (AvgIpc) is 3.02. The second-order valence-electron chi connectivity index (χ2n) is 7.21. The lowest BCUT2D eigenvalue weighted by Crippen LogP contribution is -2.35. The fourth-order valence-electron chi connectivity index (χ4n) is 3.90. The summed E-state index contributed by atoms with van der Waals surface area (Å²) in [5.74, 6) is 0.796. The molecule has 27 heavy (non-hydrogen) atoms. The van der Waals surface area contributed by atoms with Crippen molar-refractivity contribution in [2.45, 2.75) is 46.2 Å². The molecule has 6 nitrogen and oxygen atoms in total. The molecule has 0 saturated heterocycles. The second-order valence-corrected chi connectivity index (χ2v) is 7.21. The Morgan fingerprint density at radius 3 is 2.89 bits per heavy atom. The third-order valence-corrected chi connectivity index (χ3v) is 5.21. The molecule has 3 heterocycles. The summed E-state index contributed by atoms with van der Waals surface area (Å²) in [6, 6.07) is 7.95. The van der Waals surface area contributed by atoms with Gasteiger partial charge in [-0.15, -0.1) is 0 Å². The molecule has 0 atom stereocenters. The molecule has 6 heteroatoms. The minimum atomic E-state index is -0.0145. The lowest BCUT2D eigenvalue weighted by molar-refractivity contribution is 0.0941. The van der Waals surface area contributed by atoms with Crippen LogP contribution in [0.4, 0.5) is 0 Å². The van der Waals surface area contributed by atoms with Gasteiger partial charge in [-0.25, -0.2) is 4.98 Å². The van der Waals surface area contributed by atoms with Gasteiger partial charge >= 0.3 is 0 Å². The predicted molar refractivity (Wildman–Crippen MR) is 105 cm³/mol. The molecule has 0 saturated carbocycles. The van der Waals surface area contributed by atoms with Crippen LogP contribution in [-0.4, -0.2) is 31.9 Å². The van der Waals surface area contributed by atoms with Crippen LogP contribution < -0.4 is 5.56 Å². The van der Waals surface area contributed by atoms with Gasteiger partial charge in [0.25, 0.3) is 5.56 Å². The molecule has 3 aromatic rings. The van der Waals surface area contributed by atoms with Crippen molar-refractivity contribution in [2.75, 3.05) is 6.54 Å². The van der Waals surface area contributed by atoms with Crippen molar-refractivity contribution >= 4 is 16.8 Å². The Morgan fingerprint density at radius 2 is 2.11 bits per heavy atom. The molecule has 0 amide bonds. The monoisotopic (exact) mass is 364 g/mol. The summed E-state index contributed by atoms with van der Waals surface area (Å²) in [7, 11) is 0. The number of rotatable bonds is 4. The first-order valence-electron chi connectivity index (χ1n) is 9.50. The summed E-state index contributed by atoms with van der Waals surface area (Å²) >= 11 is 0. The van der Waals surface area contributed by atoms with Crippen LogP contribution in [0.1, 0.15) is 47.7 Å². The van der Waals surface area contributed by atoms with E-state index in [0.717, 1.165) is 59.4 Å². The SMILES string of the molecule is CCCc1nc2c(c(=O)[nH]1)CN(Cc1cn(C(C)=O)c3ccccc13)CC2. The smallest absolute Gasteiger partial charge is 0.255 e. The van der Waals surface area contributed by atoms with Gasteiger partial charge in [0.15, 0.2) is 0 Å². The lowest BCUT2D eigenvalue weighted by atomic mass is 10.1. The zero-order valence-corrected chi connectivity index (χ0v) is 15.8. The number of hydrogen-bond acceptors (Lipinski definition) is 4. The molecule has 0 aliphatic carbocycles. The Balaban J connectivity index is 1.62. The van der Waals surface area contributed by atoms with Crippen LogP contribution in [-0.2, 0) is 25.9 Å². The van der Waals surface area contributed by atoms with Gasteiger partial charge < -0.3 is 4.98 Å². The van der Waals surface area contributed by atoms with Gasteiger partial charge in [0.1, 0.15) is 5.82 Å². The maximum absolute atomic E-state index is 12.5. The number of carbonyl (C=O) groups is 1. The highest BCUT2D eigenvalue weighted by Crippen LogP contribution is 2.24. The van der Waals surface area contributed by atoms with Crippen LogP contribution in [0.5, 0.6) is 0 Å². The van der Waals surface area contributed by atoms with Crippen molar-refractivity contribution in [3.63, 3.8) is 0 Å². The minimum absolute atomic E-state index is 0.00513. The number of nitrogens with zero attached hydrogens (tertiary/aromatic N) is 3. The molecule has 140 valence electrons. The van der Waals surface area contributed by atoms with Crippen LogP contribution in [0.15, 0.2) is 35.3 Å². The highest BCUT2D eigenvalue weighted by Gasteiger charge is 2.22. The van der Waals surface area contributed by atoms with Gasteiger partial charge in [-0.05, 0) is 18.1 Å². The first-order chi connectivity index (χ1) is 13.1. The zero-order chi connectivity index (χ0) is 19.0. The number of fused-ring (bicyclic) bond motifs is 2. The summed E-state index contributed by atoms with van der Waals surface area (Å²) in [6.07, 6.45) is 4.47. The van der Waals surface area contributed by atoms with Gasteiger partial charge in [-0.1, -0.05) is 25.1 Å². The minimum Gasteiger partial charge on any atom is -0.310 e. The molecule has 1 aromatic carbocycles. The Hall–Kier alpha value is -2.73. The standard InChI is InChI=1S/C21H24N4O2/c1-3-6-20-22-18-9-10-24(13-17(18)21(27)23-20)11-15-12-25(14(2)26)19-8-5-4-7-16(15)19/h4-5,7-8,12H,3,6,9-11,13H2,1-2H3,(H,22,23,27). The van der Waals surface area contributed by atoms with Crippen molar-refractivity contribution in [3.8, 4) is 0 Å². The summed E-state index contributed by atoms with van der Waals surface area (Å²) < 4.78 is 1.70. The molecule has 1 N–H and O–H groups in total. The maximum atomic E-state index is 12.5. The molecule has 0 unspecified atom stereocenters. The van der Waals surface area contributed by atoms with E-state index in [1.165, 1.54) is 0 Å². The van der Waals surface area contributed by atoms with Crippen LogP contribution in [0.2, 0.25) is 0 Å². The molecule has 0 radical (unpaired) electrons. The van der Waals surface area contributed by atoms with Gasteiger partial charge in [0, 0.05) is 51.0 Å². The normalized spacial score (nSPS) is 14.4. The molecule has 1 aliphatic rings. The van der Waals surface area contributed by atoms with Crippen LogP contribution in [0.25, 0.3) is 10.9 Å². The predicted octanol–water partition coefficient (Wildman–Crippen LogP) is 2.90. The van der Waals surface area contributed by atoms with E-state index in [-0.39, 0.29) is 11.5 Å². The Morgan fingerprint density at radius 1 is 1.30 bits per heavy atom. The van der Waals surface area contributed by atoms with Crippen LogP contribution >= 0.6 is 0 Å². The summed E-state index contributed by atoms with van der Waals surface area (Å²) in [4.78, 5) is 34.3. The van der Waals surface area contributed by atoms with Crippen molar-refractivity contribution in [1.82, 2.24) is 19.4 Å². The topological polar surface area (TPSA) is 71.0 Å². The molecule has 4 rings (SSSR count). The molecular weight excluding hydrogens is 340 g/mol. The van der Waals surface area contributed by atoms with Crippen molar-refractivity contribution in [1.29, 1.82) is 0 Å². The van der Waals surface area contributed by atoms with E-state index in [9.17, 15) is 9.59 Å². The van der Waals surface area contributed by atoms with Crippen LogP contribution in [0, 0.1) is 0 Å². The number of benzene rings is 1. The molecular formula is C21H24N4O2. The fourth-order valence-corrected chi connectivity index (χ4v) is 3.90.